The van der Waals surface area contributed by atoms with Gasteiger partial charge in [0.1, 0.15) is 17.6 Å². The van der Waals surface area contributed by atoms with Crippen molar-refractivity contribution in [1.82, 2.24) is 9.88 Å². The van der Waals surface area contributed by atoms with Crippen LogP contribution in [0.5, 0.6) is 5.75 Å². The summed E-state index contributed by atoms with van der Waals surface area (Å²) in [5, 5.41) is 12.1. The summed E-state index contributed by atoms with van der Waals surface area (Å²) in [4.78, 5) is 15.3. The van der Waals surface area contributed by atoms with E-state index < -0.39 is 0 Å². The van der Waals surface area contributed by atoms with Gasteiger partial charge in [-0.1, -0.05) is 18.2 Å². The molecule has 33 heavy (non-hydrogen) atoms. The average molecular weight is 444 g/mol. The molecule has 1 saturated heterocycles. The molecule has 0 bridgehead atoms. The number of anilines is 1. The van der Waals surface area contributed by atoms with Crippen LogP contribution in [0.15, 0.2) is 89.8 Å². The van der Waals surface area contributed by atoms with E-state index in [0.717, 1.165) is 22.7 Å². The molecule has 5 rings (SSSR count). The van der Waals surface area contributed by atoms with Crippen molar-refractivity contribution >= 4 is 11.6 Å². The molecule has 2 aromatic heterocycles. The van der Waals surface area contributed by atoms with Gasteiger partial charge >= 0.3 is 0 Å². The second kappa shape index (κ2) is 9.26. The summed E-state index contributed by atoms with van der Waals surface area (Å²) < 4.78 is 13.4. The van der Waals surface area contributed by atoms with Crippen molar-refractivity contribution in [3.8, 4) is 11.4 Å². The second-order valence-electron chi connectivity index (χ2n) is 7.97. The summed E-state index contributed by atoms with van der Waals surface area (Å²) in [6, 6.07) is 20.8. The standard InChI is InChI=1S/C26H25N3O4/c30-18-19-8-10-20(11-9-19)33-22-16-29(17-22)24-7-3-6-23(25(24)28-12-1-2-13-28)26(31)27-15-21-5-4-14-32-21/h1-14,22,30H,15-18H2,(H,27,31). The Hall–Kier alpha value is -3.97. The van der Waals surface area contributed by atoms with E-state index in [0.29, 0.717) is 31.0 Å². The zero-order valence-electron chi connectivity index (χ0n) is 18.1. The Kier molecular flexibility index (Phi) is 5.87. The molecule has 1 fully saturated rings. The number of carbonyl (C=O) groups is 1. The number of aliphatic hydroxyl groups excluding tert-OH is 1. The number of amides is 1. The minimum absolute atomic E-state index is 0.0189. The summed E-state index contributed by atoms with van der Waals surface area (Å²) in [5.74, 6) is 1.33. The minimum Gasteiger partial charge on any atom is -0.487 e. The van der Waals surface area contributed by atoms with Crippen molar-refractivity contribution < 1.29 is 19.1 Å². The zero-order valence-corrected chi connectivity index (χ0v) is 18.1. The van der Waals surface area contributed by atoms with Crippen LogP contribution in [0.25, 0.3) is 5.69 Å². The number of hydrogen-bond acceptors (Lipinski definition) is 5. The van der Waals surface area contributed by atoms with Crippen LogP contribution >= 0.6 is 0 Å². The molecule has 2 aromatic carbocycles. The van der Waals surface area contributed by atoms with Crippen molar-refractivity contribution in [2.75, 3.05) is 18.0 Å². The molecule has 168 valence electrons. The molecule has 2 N–H and O–H groups in total. The van der Waals surface area contributed by atoms with E-state index in [9.17, 15) is 9.90 Å². The molecular formula is C26H25N3O4. The Morgan fingerprint density at radius 3 is 2.52 bits per heavy atom. The van der Waals surface area contributed by atoms with Crippen LogP contribution in [0.2, 0.25) is 0 Å². The highest BCUT2D eigenvalue weighted by molar-refractivity contribution is 6.00. The van der Waals surface area contributed by atoms with Gasteiger partial charge in [-0.05, 0) is 54.1 Å². The predicted molar refractivity (Wildman–Crippen MR) is 125 cm³/mol. The maximum absolute atomic E-state index is 13.1. The molecule has 0 saturated carbocycles. The largest absolute Gasteiger partial charge is 0.487 e. The molecule has 1 aliphatic heterocycles. The number of benzene rings is 2. The number of hydrogen-bond donors (Lipinski definition) is 2. The summed E-state index contributed by atoms with van der Waals surface area (Å²) in [6.07, 6.45) is 5.53. The lowest BCUT2D eigenvalue weighted by Gasteiger charge is -2.41. The first kappa shape index (κ1) is 20.9. The molecule has 0 radical (unpaired) electrons. The normalized spacial score (nSPS) is 13.5. The van der Waals surface area contributed by atoms with Gasteiger partial charge in [-0.15, -0.1) is 0 Å². The summed E-state index contributed by atoms with van der Waals surface area (Å²) in [5.41, 5.74) is 3.27. The number of nitrogens with zero attached hydrogens (tertiary/aromatic N) is 2. The Morgan fingerprint density at radius 2 is 1.82 bits per heavy atom. The Labute approximate surface area is 191 Å². The first-order chi connectivity index (χ1) is 16.2. The van der Waals surface area contributed by atoms with Crippen molar-refractivity contribution in [3.05, 3.63) is 102 Å². The predicted octanol–water partition coefficient (Wildman–Crippen LogP) is 3.76. The van der Waals surface area contributed by atoms with E-state index in [4.69, 9.17) is 9.15 Å². The highest BCUT2D eigenvalue weighted by Gasteiger charge is 2.31. The van der Waals surface area contributed by atoms with Crippen LogP contribution in [-0.2, 0) is 13.2 Å². The molecular weight excluding hydrogens is 418 g/mol. The van der Waals surface area contributed by atoms with E-state index >= 15 is 0 Å². The fourth-order valence-corrected chi connectivity index (χ4v) is 3.98. The molecule has 7 nitrogen and oxygen atoms in total. The van der Waals surface area contributed by atoms with Gasteiger partial charge in [0.2, 0.25) is 0 Å². The molecule has 0 aliphatic carbocycles. The van der Waals surface area contributed by atoms with Crippen molar-refractivity contribution in [3.63, 3.8) is 0 Å². The quantitative estimate of drug-likeness (QED) is 0.434. The van der Waals surface area contributed by atoms with Gasteiger partial charge in [-0.2, -0.15) is 0 Å². The molecule has 0 unspecified atom stereocenters. The van der Waals surface area contributed by atoms with E-state index in [-0.39, 0.29) is 18.6 Å². The SMILES string of the molecule is O=C(NCc1ccco1)c1cccc(N2CC(Oc3ccc(CO)cc3)C2)c1-n1cccc1. The maximum atomic E-state index is 13.1. The minimum atomic E-state index is -0.158. The Balaban J connectivity index is 1.33. The van der Waals surface area contributed by atoms with E-state index in [1.807, 2.05) is 77.6 Å². The number of aromatic nitrogens is 1. The van der Waals surface area contributed by atoms with Crippen LogP contribution in [0, 0.1) is 0 Å². The summed E-state index contributed by atoms with van der Waals surface area (Å²) in [6.45, 7) is 1.78. The Morgan fingerprint density at radius 1 is 1.03 bits per heavy atom. The van der Waals surface area contributed by atoms with Gasteiger partial charge in [-0.25, -0.2) is 0 Å². The van der Waals surface area contributed by atoms with Crippen LogP contribution in [0.1, 0.15) is 21.7 Å². The lowest BCUT2D eigenvalue weighted by atomic mass is 10.0. The van der Waals surface area contributed by atoms with E-state index in [2.05, 4.69) is 10.2 Å². The monoisotopic (exact) mass is 443 g/mol. The maximum Gasteiger partial charge on any atom is 0.253 e. The second-order valence-corrected chi connectivity index (χ2v) is 7.97. The van der Waals surface area contributed by atoms with Crippen LogP contribution in [-0.4, -0.2) is 34.8 Å². The third-order valence-corrected chi connectivity index (χ3v) is 5.72. The number of rotatable bonds is 8. The number of furan rings is 1. The molecule has 0 atom stereocenters. The van der Waals surface area contributed by atoms with Crippen LogP contribution in [0.3, 0.4) is 0 Å². The van der Waals surface area contributed by atoms with Gasteiger partial charge in [0.05, 0.1) is 49.4 Å². The molecule has 1 aliphatic rings. The Bertz CT molecular complexity index is 1200. The van der Waals surface area contributed by atoms with Crippen molar-refractivity contribution in [2.24, 2.45) is 0 Å². The number of para-hydroxylation sites is 1. The van der Waals surface area contributed by atoms with Crippen molar-refractivity contribution in [1.29, 1.82) is 0 Å². The summed E-state index contributed by atoms with van der Waals surface area (Å²) >= 11 is 0. The fraction of sp³-hybridized carbons (Fsp3) is 0.192. The van der Waals surface area contributed by atoms with E-state index in [1.54, 1.807) is 12.3 Å². The fourth-order valence-electron chi connectivity index (χ4n) is 3.98. The molecule has 4 aromatic rings. The number of aliphatic hydroxyl groups is 1. The summed E-state index contributed by atoms with van der Waals surface area (Å²) in [7, 11) is 0. The smallest absolute Gasteiger partial charge is 0.253 e. The van der Waals surface area contributed by atoms with Gasteiger partial charge in [0.25, 0.3) is 5.91 Å². The van der Waals surface area contributed by atoms with Gasteiger partial charge in [0.15, 0.2) is 0 Å². The van der Waals surface area contributed by atoms with Crippen LogP contribution < -0.4 is 15.0 Å². The number of nitrogens with one attached hydrogen (secondary N) is 1. The molecule has 3 heterocycles. The lowest BCUT2D eigenvalue weighted by molar-refractivity contribution is 0.0948. The molecule has 1 amide bonds. The average Bonchev–Trinajstić information content (AvgIpc) is 3.54. The zero-order chi connectivity index (χ0) is 22.6. The third kappa shape index (κ3) is 4.49. The highest BCUT2D eigenvalue weighted by Crippen LogP contribution is 2.32. The molecule has 0 spiro atoms. The van der Waals surface area contributed by atoms with Gasteiger partial charge in [-0.3, -0.25) is 4.79 Å². The lowest BCUT2D eigenvalue weighted by Crippen LogP contribution is -2.54. The molecule has 7 heteroatoms. The van der Waals surface area contributed by atoms with E-state index in [1.165, 1.54) is 0 Å². The van der Waals surface area contributed by atoms with Gasteiger partial charge in [0, 0.05) is 12.4 Å². The highest BCUT2D eigenvalue weighted by atomic mass is 16.5. The van der Waals surface area contributed by atoms with Crippen molar-refractivity contribution in [2.45, 2.75) is 19.3 Å². The first-order valence-corrected chi connectivity index (χ1v) is 10.9. The first-order valence-electron chi connectivity index (χ1n) is 10.9. The number of ether oxygens (including phenoxy) is 1. The third-order valence-electron chi connectivity index (χ3n) is 5.72. The van der Waals surface area contributed by atoms with Gasteiger partial charge < -0.3 is 29.0 Å². The number of carbonyl (C=O) groups excluding carboxylic acids is 1. The van der Waals surface area contributed by atoms with Crippen LogP contribution in [0.4, 0.5) is 5.69 Å². The topological polar surface area (TPSA) is 79.9 Å².